The van der Waals surface area contributed by atoms with Crippen molar-refractivity contribution in [3.05, 3.63) is 103 Å². The fraction of sp³-hybridized carbons (Fsp3) is 0.294. The summed E-state index contributed by atoms with van der Waals surface area (Å²) in [7, 11) is 3.83. The maximum atomic E-state index is 10.5. The maximum Gasteiger partial charge on any atom is 0.166 e. The summed E-state index contributed by atoms with van der Waals surface area (Å²) in [6.45, 7) is 8.18. The molecule has 0 saturated carbocycles. The molecule has 0 aromatic heterocycles. The van der Waals surface area contributed by atoms with Crippen LogP contribution < -0.4 is 14.5 Å². The monoisotopic (exact) mass is 606 g/mol. The van der Waals surface area contributed by atoms with Gasteiger partial charge in [0.1, 0.15) is 21.5 Å². The van der Waals surface area contributed by atoms with E-state index in [4.69, 9.17) is 4.74 Å². The van der Waals surface area contributed by atoms with E-state index in [0.717, 1.165) is 17.7 Å². The Morgan fingerprint density at radius 1 is 0.667 bits per heavy atom. The zero-order chi connectivity index (χ0) is 31.1. The van der Waals surface area contributed by atoms with Gasteiger partial charge in [-0.2, -0.15) is 0 Å². The van der Waals surface area contributed by atoms with Crippen LogP contribution in [-0.4, -0.2) is 46.8 Å². The zero-order valence-electron chi connectivity index (χ0n) is 25.8. The largest absolute Gasteiger partial charge is 0.744 e. The van der Waals surface area contributed by atoms with Gasteiger partial charge in [-0.25, -0.2) is 8.42 Å². The van der Waals surface area contributed by atoms with Crippen LogP contribution in [0.25, 0.3) is 0 Å². The minimum absolute atomic E-state index is 0.167. The first-order chi connectivity index (χ1) is 19.7. The summed E-state index contributed by atoms with van der Waals surface area (Å²) in [5.74, 6) is 0.903. The van der Waals surface area contributed by atoms with Crippen LogP contribution in [0.3, 0.4) is 0 Å². The summed E-state index contributed by atoms with van der Waals surface area (Å²) in [5, 5.41) is 0. The molecule has 0 fully saturated rings. The van der Waals surface area contributed by atoms with Gasteiger partial charge in [0, 0.05) is 39.6 Å². The highest BCUT2D eigenvalue weighted by Crippen LogP contribution is 2.34. The molecule has 8 heteroatoms. The Hall–Kier alpha value is -3.46. The van der Waals surface area contributed by atoms with Crippen LogP contribution in [0.2, 0.25) is 0 Å². The molecule has 0 aliphatic heterocycles. The van der Waals surface area contributed by atoms with Gasteiger partial charge in [-0.05, 0) is 118 Å². The Labute approximate surface area is 255 Å². The summed E-state index contributed by atoms with van der Waals surface area (Å²) in [6, 6.07) is 32.3. The Kier molecular flexibility index (Phi) is 11.1. The maximum absolute atomic E-state index is 10.5. The lowest BCUT2D eigenvalue weighted by molar-refractivity contribution is 0.131. The van der Waals surface area contributed by atoms with E-state index in [1.54, 1.807) is 12.1 Å². The first-order valence-corrected chi connectivity index (χ1v) is 16.4. The minimum atomic E-state index is -4.28. The molecule has 0 aliphatic carbocycles. The molecule has 4 aromatic rings. The normalized spacial score (nSPS) is 11.5. The zero-order valence-corrected chi connectivity index (χ0v) is 27.4. The first kappa shape index (κ1) is 33.0. The van der Waals surface area contributed by atoms with E-state index in [1.165, 1.54) is 38.2 Å². The number of nitrogens with zero attached hydrogens (tertiary/aromatic N) is 2. The number of ether oxygens (including phenoxy) is 1. The van der Waals surface area contributed by atoms with Crippen LogP contribution in [-0.2, 0) is 27.4 Å². The van der Waals surface area contributed by atoms with Crippen molar-refractivity contribution in [1.29, 1.82) is 0 Å². The Morgan fingerprint density at radius 2 is 1.05 bits per heavy atom. The van der Waals surface area contributed by atoms with Gasteiger partial charge < -0.3 is 19.1 Å². The second-order valence-corrected chi connectivity index (χ2v) is 14.6. The van der Waals surface area contributed by atoms with Gasteiger partial charge in [0.15, 0.2) is 14.7 Å². The van der Waals surface area contributed by atoms with Crippen molar-refractivity contribution in [2.75, 3.05) is 38.0 Å². The van der Waals surface area contributed by atoms with E-state index in [0.29, 0.717) is 0 Å². The van der Waals surface area contributed by atoms with Crippen molar-refractivity contribution in [2.24, 2.45) is 0 Å². The lowest BCUT2D eigenvalue weighted by Gasteiger charge is -2.21. The average molecular weight is 607 g/mol. The van der Waals surface area contributed by atoms with Crippen LogP contribution in [0.5, 0.6) is 5.75 Å². The van der Waals surface area contributed by atoms with Gasteiger partial charge in [0.05, 0.1) is 15.8 Å². The number of aryl methyl sites for hydroxylation is 1. The highest BCUT2D eigenvalue weighted by atomic mass is 32.2. The molecule has 0 amide bonds. The number of hydrogen-bond donors (Lipinski definition) is 0. The minimum Gasteiger partial charge on any atom is -0.744 e. The summed E-state index contributed by atoms with van der Waals surface area (Å²) >= 11 is 0. The lowest BCUT2D eigenvalue weighted by Crippen LogP contribution is -2.22. The van der Waals surface area contributed by atoms with Crippen LogP contribution in [0, 0.1) is 0 Å². The quantitative estimate of drug-likeness (QED) is 0.155. The van der Waals surface area contributed by atoms with Gasteiger partial charge in [0.2, 0.25) is 0 Å². The van der Waals surface area contributed by atoms with Crippen LogP contribution in [0.4, 0.5) is 11.4 Å². The predicted octanol–water partition coefficient (Wildman–Crippen LogP) is 7.24. The molecule has 0 heterocycles. The molecule has 6 nitrogen and oxygen atoms in total. The van der Waals surface area contributed by atoms with Crippen molar-refractivity contribution >= 4 is 32.4 Å². The van der Waals surface area contributed by atoms with E-state index in [2.05, 4.69) is 132 Å². The van der Waals surface area contributed by atoms with Gasteiger partial charge in [-0.3, -0.25) is 0 Å². The Balaban J connectivity index is 0.000000337. The number of hydrogen-bond acceptors (Lipinski definition) is 6. The highest BCUT2D eigenvalue weighted by molar-refractivity contribution is 7.97. The number of rotatable bonds is 8. The third-order valence-electron chi connectivity index (χ3n) is 6.28. The predicted molar refractivity (Wildman–Crippen MR) is 174 cm³/mol. The van der Waals surface area contributed by atoms with Crippen molar-refractivity contribution in [3.8, 4) is 5.75 Å². The number of anilines is 2. The molecular formula is C34H42N2O4S2. The molecule has 4 aromatic carbocycles. The molecule has 0 saturated heterocycles. The van der Waals surface area contributed by atoms with Crippen molar-refractivity contribution in [3.63, 3.8) is 0 Å². The van der Waals surface area contributed by atoms with Gasteiger partial charge >= 0.3 is 0 Å². The second kappa shape index (κ2) is 14.1. The fourth-order valence-corrected chi connectivity index (χ4v) is 6.57. The van der Waals surface area contributed by atoms with Crippen molar-refractivity contribution < 1.29 is 17.7 Å². The smallest absolute Gasteiger partial charge is 0.166 e. The highest BCUT2D eigenvalue weighted by Gasteiger charge is 2.29. The summed E-state index contributed by atoms with van der Waals surface area (Å²) in [4.78, 5) is 8.00. The van der Waals surface area contributed by atoms with Crippen LogP contribution in [0.1, 0.15) is 33.3 Å². The Morgan fingerprint density at radius 3 is 1.36 bits per heavy atom. The molecule has 0 atom stereocenters. The second-order valence-electron chi connectivity index (χ2n) is 11.2. The third-order valence-corrected chi connectivity index (χ3v) is 9.36. The van der Waals surface area contributed by atoms with Crippen LogP contribution in [0.15, 0.2) is 117 Å². The topological polar surface area (TPSA) is 72.9 Å². The molecule has 0 aliphatic rings. The summed E-state index contributed by atoms with van der Waals surface area (Å²) < 4.78 is 37.5. The van der Waals surface area contributed by atoms with E-state index in [-0.39, 0.29) is 21.4 Å². The van der Waals surface area contributed by atoms with E-state index in [1.807, 2.05) is 6.92 Å². The van der Waals surface area contributed by atoms with Gasteiger partial charge in [-0.1, -0.05) is 19.1 Å². The molecule has 0 N–H and O–H groups in total. The molecule has 224 valence electrons. The van der Waals surface area contributed by atoms with Crippen LogP contribution >= 0.6 is 0 Å². The lowest BCUT2D eigenvalue weighted by atomic mass is 10.2. The van der Waals surface area contributed by atoms with Crippen molar-refractivity contribution in [2.45, 2.75) is 59.3 Å². The van der Waals surface area contributed by atoms with E-state index in [9.17, 15) is 13.0 Å². The van der Waals surface area contributed by atoms with E-state index >= 15 is 0 Å². The van der Waals surface area contributed by atoms with Gasteiger partial charge in [0.25, 0.3) is 0 Å². The van der Waals surface area contributed by atoms with E-state index < -0.39 is 10.1 Å². The standard InChI is InChI=1S/C26H33N2OS.C8H10O3S/c1-26(2,3)29-22-12-18-25(19-13-22)30(23-14-8-20(9-15-23)27(4)5)24-16-10-21(11-17-24)28(6)7;1-2-7-3-5-8(6-4-7)12(9,10)11/h8-19H,1-7H3;3-6H,2H2,1H3,(H,9,10,11)/q+1;/p-1. The number of benzene rings is 4. The SMILES string of the molecule is CCc1ccc(S(=O)(=O)[O-])cc1.CN(C)c1ccc([S+](c2ccc(OC(C)(C)C)cc2)c2ccc(N(C)C)cc2)cc1. The average Bonchev–Trinajstić information content (AvgIpc) is 2.94. The molecular weight excluding hydrogens is 565 g/mol. The molecule has 0 bridgehead atoms. The third kappa shape index (κ3) is 9.54. The fourth-order valence-electron chi connectivity index (χ4n) is 4.06. The van der Waals surface area contributed by atoms with Gasteiger partial charge in [-0.15, -0.1) is 0 Å². The molecule has 0 unspecified atom stereocenters. The summed E-state index contributed by atoms with van der Waals surface area (Å²) in [5.41, 5.74) is 3.23. The molecule has 42 heavy (non-hydrogen) atoms. The molecule has 4 rings (SSSR count). The molecule has 0 spiro atoms. The molecule has 0 radical (unpaired) electrons. The first-order valence-electron chi connectivity index (χ1n) is 13.8. The van der Waals surface area contributed by atoms with Crippen molar-refractivity contribution in [1.82, 2.24) is 0 Å². The summed E-state index contributed by atoms with van der Waals surface area (Å²) in [6.07, 6.45) is 0.833. The Bertz CT molecular complexity index is 1460.